The third kappa shape index (κ3) is 5.26. The van der Waals surface area contributed by atoms with Crippen molar-refractivity contribution < 1.29 is 0 Å². The fourth-order valence-corrected chi connectivity index (χ4v) is 2.03. The summed E-state index contributed by atoms with van der Waals surface area (Å²) in [5.74, 6) is 0. The van der Waals surface area contributed by atoms with Gasteiger partial charge in [0.25, 0.3) is 0 Å². The third-order valence-corrected chi connectivity index (χ3v) is 3.18. The summed E-state index contributed by atoms with van der Waals surface area (Å²) in [7, 11) is 0. The van der Waals surface area contributed by atoms with Gasteiger partial charge in [-0.2, -0.15) is 10.5 Å². The molecule has 0 amide bonds. The van der Waals surface area contributed by atoms with Crippen molar-refractivity contribution in [3.8, 4) is 12.1 Å². The molecule has 3 nitrogen and oxygen atoms in total. The largest absolute Gasteiger partial charge is 0.299 e. The Kier molecular flexibility index (Phi) is 7.11. The Labute approximate surface area is 121 Å². The normalized spacial score (nSPS) is 9.85. The van der Waals surface area contributed by atoms with Gasteiger partial charge in [-0.25, -0.2) is 0 Å². The van der Waals surface area contributed by atoms with Gasteiger partial charge in [0.15, 0.2) is 0 Å². The number of hydrogen-bond acceptors (Lipinski definition) is 3. The second-order valence-electron chi connectivity index (χ2n) is 4.75. The SMILES string of the molecule is CCCCN(CC)Cc1cccc(C=C(C#N)C#N)c1. The second kappa shape index (κ2) is 8.91. The van der Waals surface area contributed by atoms with E-state index < -0.39 is 0 Å². The molecule has 0 radical (unpaired) electrons. The van der Waals surface area contributed by atoms with Gasteiger partial charge in [0.1, 0.15) is 17.7 Å². The van der Waals surface area contributed by atoms with Crippen LogP contribution in [0.25, 0.3) is 6.08 Å². The molecule has 0 saturated carbocycles. The summed E-state index contributed by atoms with van der Waals surface area (Å²) < 4.78 is 0. The van der Waals surface area contributed by atoms with Crippen molar-refractivity contribution in [1.29, 1.82) is 10.5 Å². The molecule has 0 spiro atoms. The van der Waals surface area contributed by atoms with Crippen LogP contribution in [0.3, 0.4) is 0 Å². The van der Waals surface area contributed by atoms with Crippen LogP contribution in [-0.4, -0.2) is 18.0 Å². The molecule has 0 aromatic heterocycles. The molecule has 1 aromatic carbocycles. The summed E-state index contributed by atoms with van der Waals surface area (Å²) in [6.45, 7) is 7.41. The minimum absolute atomic E-state index is 0.139. The van der Waals surface area contributed by atoms with Gasteiger partial charge in [-0.15, -0.1) is 0 Å². The molecular formula is C17H21N3. The van der Waals surface area contributed by atoms with Crippen LogP contribution in [0.15, 0.2) is 29.8 Å². The summed E-state index contributed by atoms with van der Waals surface area (Å²) in [5, 5.41) is 17.6. The molecule has 0 N–H and O–H groups in total. The Morgan fingerprint density at radius 1 is 1.25 bits per heavy atom. The van der Waals surface area contributed by atoms with Crippen molar-refractivity contribution >= 4 is 6.08 Å². The van der Waals surface area contributed by atoms with E-state index in [1.165, 1.54) is 18.4 Å². The minimum atomic E-state index is 0.139. The first kappa shape index (κ1) is 16.0. The van der Waals surface area contributed by atoms with Crippen LogP contribution in [0.1, 0.15) is 37.8 Å². The van der Waals surface area contributed by atoms with Crippen molar-refractivity contribution in [2.75, 3.05) is 13.1 Å². The average Bonchev–Trinajstić information content (AvgIpc) is 2.49. The van der Waals surface area contributed by atoms with E-state index in [4.69, 9.17) is 10.5 Å². The van der Waals surface area contributed by atoms with Crippen LogP contribution in [0.2, 0.25) is 0 Å². The summed E-state index contributed by atoms with van der Waals surface area (Å²) in [6.07, 6.45) is 4.04. The minimum Gasteiger partial charge on any atom is -0.299 e. The number of rotatable bonds is 7. The van der Waals surface area contributed by atoms with Crippen molar-refractivity contribution in [2.24, 2.45) is 0 Å². The van der Waals surface area contributed by atoms with E-state index in [2.05, 4.69) is 24.8 Å². The molecule has 0 fully saturated rings. The lowest BCUT2D eigenvalue weighted by molar-refractivity contribution is 0.275. The van der Waals surface area contributed by atoms with Gasteiger partial charge in [-0.1, -0.05) is 44.5 Å². The third-order valence-electron chi connectivity index (χ3n) is 3.18. The Morgan fingerprint density at radius 3 is 2.60 bits per heavy atom. The molecule has 20 heavy (non-hydrogen) atoms. The van der Waals surface area contributed by atoms with E-state index in [1.807, 2.05) is 30.3 Å². The zero-order valence-electron chi connectivity index (χ0n) is 12.3. The van der Waals surface area contributed by atoms with Gasteiger partial charge in [0.2, 0.25) is 0 Å². The van der Waals surface area contributed by atoms with Crippen LogP contribution in [-0.2, 0) is 6.54 Å². The summed E-state index contributed by atoms with van der Waals surface area (Å²) in [5.41, 5.74) is 2.26. The van der Waals surface area contributed by atoms with E-state index in [0.717, 1.165) is 25.2 Å². The first-order valence-corrected chi connectivity index (χ1v) is 7.06. The van der Waals surface area contributed by atoms with Crippen molar-refractivity contribution in [3.05, 3.63) is 41.0 Å². The van der Waals surface area contributed by atoms with E-state index in [-0.39, 0.29) is 5.57 Å². The molecule has 104 valence electrons. The maximum absolute atomic E-state index is 8.79. The molecule has 0 unspecified atom stereocenters. The van der Waals surface area contributed by atoms with Gasteiger partial charge in [-0.05, 0) is 36.7 Å². The Hall–Kier alpha value is -2.10. The van der Waals surface area contributed by atoms with E-state index in [9.17, 15) is 0 Å². The van der Waals surface area contributed by atoms with Crippen molar-refractivity contribution in [3.63, 3.8) is 0 Å². The molecule has 0 bridgehead atoms. The standard InChI is InChI=1S/C17H21N3/c1-3-5-9-20(4-2)14-16-8-6-7-15(10-16)11-17(12-18)13-19/h6-8,10-11H,3-5,9,14H2,1-2H3. The monoisotopic (exact) mass is 267 g/mol. The highest BCUT2D eigenvalue weighted by molar-refractivity contribution is 5.62. The van der Waals surface area contributed by atoms with E-state index in [1.54, 1.807) is 6.08 Å². The predicted octanol–water partition coefficient (Wildman–Crippen LogP) is 3.74. The summed E-state index contributed by atoms with van der Waals surface area (Å²) >= 11 is 0. The average molecular weight is 267 g/mol. The first-order chi connectivity index (χ1) is 9.73. The highest BCUT2D eigenvalue weighted by Gasteiger charge is 2.03. The zero-order chi connectivity index (χ0) is 14.8. The van der Waals surface area contributed by atoms with Gasteiger partial charge >= 0.3 is 0 Å². The van der Waals surface area contributed by atoms with Gasteiger partial charge < -0.3 is 0 Å². The zero-order valence-corrected chi connectivity index (χ0v) is 12.3. The topological polar surface area (TPSA) is 50.8 Å². The molecule has 0 aliphatic carbocycles. The van der Waals surface area contributed by atoms with Crippen LogP contribution in [0.4, 0.5) is 0 Å². The molecular weight excluding hydrogens is 246 g/mol. The Morgan fingerprint density at radius 2 is 2.00 bits per heavy atom. The Bertz CT molecular complexity index is 516. The maximum atomic E-state index is 8.79. The Balaban J connectivity index is 2.81. The molecule has 3 heteroatoms. The number of nitrogens with zero attached hydrogens (tertiary/aromatic N) is 3. The quantitative estimate of drug-likeness (QED) is 0.707. The second-order valence-corrected chi connectivity index (χ2v) is 4.75. The first-order valence-electron chi connectivity index (χ1n) is 7.06. The maximum Gasteiger partial charge on any atom is 0.130 e. The highest BCUT2D eigenvalue weighted by atomic mass is 15.1. The van der Waals surface area contributed by atoms with Crippen molar-refractivity contribution in [2.45, 2.75) is 33.2 Å². The lowest BCUT2D eigenvalue weighted by Gasteiger charge is -2.20. The predicted molar refractivity (Wildman–Crippen MR) is 81.5 cm³/mol. The van der Waals surface area contributed by atoms with Crippen LogP contribution in [0.5, 0.6) is 0 Å². The number of hydrogen-bond donors (Lipinski definition) is 0. The summed E-state index contributed by atoms with van der Waals surface area (Å²) in [4.78, 5) is 2.40. The van der Waals surface area contributed by atoms with Crippen molar-refractivity contribution in [1.82, 2.24) is 4.90 Å². The lowest BCUT2D eigenvalue weighted by Crippen LogP contribution is -2.23. The molecule has 0 atom stereocenters. The molecule has 0 heterocycles. The van der Waals surface area contributed by atoms with Crippen LogP contribution >= 0.6 is 0 Å². The number of allylic oxidation sites excluding steroid dienone is 1. The fourth-order valence-electron chi connectivity index (χ4n) is 2.03. The highest BCUT2D eigenvalue weighted by Crippen LogP contribution is 2.12. The molecule has 0 aliphatic heterocycles. The molecule has 0 aliphatic rings. The lowest BCUT2D eigenvalue weighted by atomic mass is 10.1. The van der Waals surface area contributed by atoms with E-state index >= 15 is 0 Å². The van der Waals surface area contributed by atoms with Crippen LogP contribution in [0, 0.1) is 22.7 Å². The van der Waals surface area contributed by atoms with E-state index in [0.29, 0.717) is 0 Å². The smallest absolute Gasteiger partial charge is 0.130 e. The van der Waals surface area contributed by atoms with Gasteiger partial charge in [-0.3, -0.25) is 4.90 Å². The van der Waals surface area contributed by atoms with Gasteiger partial charge in [0, 0.05) is 6.54 Å². The van der Waals surface area contributed by atoms with Crippen LogP contribution < -0.4 is 0 Å². The molecule has 0 saturated heterocycles. The summed E-state index contributed by atoms with van der Waals surface area (Å²) in [6, 6.07) is 11.8. The number of unbranched alkanes of at least 4 members (excludes halogenated alkanes) is 1. The number of nitriles is 2. The fraction of sp³-hybridized carbons (Fsp3) is 0.412. The molecule has 1 aromatic rings. The molecule has 1 rings (SSSR count). The van der Waals surface area contributed by atoms with Gasteiger partial charge in [0.05, 0.1) is 0 Å². The number of benzene rings is 1.